The van der Waals surface area contributed by atoms with E-state index >= 15 is 0 Å². The summed E-state index contributed by atoms with van der Waals surface area (Å²) in [4.78, 5) is 26.3. The number of carbonyl (C=O) groups excluding carboxylic acids is 2. The molecule has 0 aliphatic heterocycles. The van der Waals surface area contributed by atoms with E-state index in [1.807, 2.05) is 0 Å². The molecule has 0 saturated heterocycles. The molecule has 1 unspecified atom stereocenters. The Hall–Kier alpha value is -2.48. The van der Waals surface area contributed by atoms with Gasteiger partial charge in [-0.05, 0) is 36.1 Å². The first-order valence-corrected chi connectivity index (χ1v) is 8.38. The van der Waals surface area contributed by atoms with Crippen molar-refractivity contribution in [1.82, 2.24) is 10.2 Å². The second kappa shape index (κ2) is 8.57. The van der Waals surface area contributed by atoms with Gasteiger partial charge in [0.2, 0.25) is 5.91 Å². The summed E-state index contributed by atoms with van der Waals surface area (Å²) >= 11 is 1.30. The molecule has 2 rings (SSSR count). The van der Waals surface area contributed by atoms with Gasteiger partial charge in [-0.3, -0.25) is 9.59 Å². The van der Waals surface area contributed by atoms with Crippen LogP contribution in [0, 0.1) is 0 Å². The van der Waals surface area contributed by atoms with Crippen molar-refractivity contribution >= 4 is 23.2 Å². The molecule has 0 aliphatic rings. The minimum Gasteiger partial charge on any atom is -0.435 e. The lowest BCUT2D eigenvalue weighted by molar-refractivity contribution is -0.132. The van der Waals surface area contributed by atoms with Gasteiger partial charge in [-0.15, -0.1) is 11.3 Å². The fraction of sp³-hybridized carbons (Fsp3) is 0.294. The summed E-state index contributed by atoms with van der Waals surface area (Å²) in [5.74, 6) is -0.486. The van der Waals surface area contributed by atoms with Crippen LogP contribution in [0.1, 0.15) is 22.2 Å². The van der Waals surface area contributed by atoms with Crippen LogP contribution in [0.5, 0.6) is 5.75 Å². The lowest BCUT2D eigenvalue weighted by Crippen LogP contribution is -2.45. The van der Waals surface area contributed by atoms with Crippen molar-refractivity contribution in [1.29, 1.82) is 0 Å². The molecule has 0 radical (unpaired) electrons. The standard InChI is InChI=1S/C17H18F2N2O3S/c1-11(20-15(22)14-4-3-9-25-14)16(23)21(2)10-12-5-7-13(8-6-12)24-17(18)19/h3-9,11,17H,10H2,1-2H3,(H,20,22). The van der Waals surface area contributed by atoms with Gasteiger partial charge in [0.25, 0.3) is 5.91 Å². The molecule has 5 nitrogen and oxygen atoms in total. The van der Waals surface area contributed by atoms with Gasteiger partial charge in [-0.25, -0.2) is 0 Å². The second-order valence-corrected chi connectivity index (χ2v) is 6.34. The van der Waals surface area contributed by atoms with Crippen LogP contribution in [0.15, 0.2) is 41.8 Å². The van der Waals surface area contributed by atoms with Crippen molar-refractivity contribution in [3.63, 3.8) is 0 Å². The summed E-state index contributed by atoms with van der Waals surface area (Å²) in [6, 6.07) is 8.82. The molecule has 2 amide bonds. The van der Waals surface area contributed by atoms with Crippen LogP contribution in [0.3, 0.4) is 0 Å². The fourth-order valence-electron chi connectivity index (χ4n) is 2.20. The number of nitrogens with one attached hydrogen (secondary N) is 1. The molecule has 0 bridgehead atoms. The van der Waals surface area contributed by atoms with Crippen molar-refractivity contribution in [2.75, 3.05) is 7.05 Å². The van der Waals surface area contributed by atoms with E-state index in [2.05, 4.69) is 10.1 Å². The maximum absolute atomic E-state index is 12.4. The monoisotopic (exact) mass is 368 g/mol. The molecule has 25 heavy (non-hydrogen) atoms. The Morgan fingerprint density at radius 2 is 1.92 bits per heavy atom. The molecule has 1 atom stereocenters. The largest absolute Gasteiger partial charge is 0.435 e. The molecule has 0 spiro atoms. The first kappa shape index (κ1) is 18.9. The second-order valence-electron chi connectivity index (χ2n) is 5.39. The number of hydrogen-bond acceptors (Lipinski definition) is 4. The van der Waals surface area contributed by atoms with Crippen LogP contribution < -0.4 is 10.1 Å². The van der Waals surface area contributed by atoms with E-state index in [9.17, 15) is 18.4 Å². The van der Waals surface area contributed by atoms with Gasteiger partial charge >= 0.3 is 6.61 Å². The van der Waals surface area contributed by atoms with E-state index in [-0.39, 0.29) is 24.1 Å². The summed E-state index contributed by atoms with van der Waals surface area (Å²) in [7, 11) is 1.61. The molecule has 134 valence electrons. The van der Waals surface area contributed by atoms with E-state index in [4.69, 9.17) is 0 Å². The van der Waals surface area contributed by atoms with E-state index in [1.165, 1.54) is 28.4 Å². The van der Waals surface area contributed by atoms with Crippen LogP contribution >= 0.6 is 11.3 Å². The van der Waals surface area contributed by atoms with Crippen molar-refractivity contribution in [3.05, 3.63) is 52.2 Å². The first-order valence-electron chi connectivity index (χ1n) is 7.50. The summed E-state index contributed by atoms with van der Waals surface area (Å²) in [6.45, 7) is -0.973. The van der Waals surface area contributed by atoms with Gasteiger partial charge in [0.05, 0.1) is 4.88 Å². The van der Waals surface area contributed by atoms with E-state index < -0.39 is 12.7 Å². The van der Waals surface area contributed by atoms with Gasteiger partial charge in [-0.1, -0.05) is 18.2 Å². The van der Waals surface area contributed by atoms with E-state index in [0.29, 0.717) is 4.88 Å². The van der Waals surface area contributed by atoms with Crippen molar-refractivity contribution in [3.8, 4) is 5.75 Å². The molecule has 0 fully saturated rings. The zero-order valence-corrected chi connectivity index (χ0v) is 14.6. The highest BCUT2D eigenvalue weighted by atomic mass is 32.1. The number of halogens is 2. The van der Waals surface area contributed by atoms with Crippen molar-refractivity contribution < 1.29 is 23.1 Å². The molecule has 1 heterocycles. The van der Waals surface area contributed by atoms with Gasteiger partial charge in [0.15, 0.2) is 0 Å². The lowest BCUT2D eigenvalue weighted by atomic mass is 10.2. The molecule has 0 aliphatic carbocycles. The number of amides is 2. The number of likely N-dealkylation sites (N-methyl/N-ethyl adjacent to an activating group) is 1. The smallest absolute Gasteiger partial charge is 0.387 e. The molecule has 1 N–H and O–H groups in total. The van der Waals surface area contributed by atoms with E-state index in [0.717, 1.165) is 5.56 Å². The predicted molar refractivity (Wildman–Crippen MR) is 90.8 cm³/mol. The number of thiophene rings is 1. The number of hydrogen-bond donors (Lipinski definition) is 1. The Morgan fingerprint density at radius 1 is 1.24 bits per heavy atom. The quantitative estimate of drug-likeness (QED) is 0.817. The molecule has 0 saturated carbocycles. The Kier molecular flexibility index (Phi) is 6.46. The molecule has 8 heteroatoms. The average molecular weight is 368 g/mol. The third-order valence-electron chi connectivity index (χ3n) is 3.41. The number of ether oxygens (including phenoxy) is 1. The van der Waals surface area contributed by atoms with Crippen molar-refractivity contribution in [2.24, 2.45) is 0 Å². The minimum atomic E-state index is -2.87. The maximum Gasteiger partial charge on any atom is 0.387 e. The Balaban J connectivity index is 1.89. The molecule has 1 aromatic heterocycles. The fourth-order valence-corrected chi connectivity index (χ4v) is 2.82. The van der Waals surface area contributed by atoms with Crippen LogP contribution in [0.2, 0.25) is 0 Å². The van der Waals surface area contributed by atoms with Gasteiger partial charge in [-0.2, -0.15) is 8.78 Å². The van der Waals surface area contributed by atoms with E-state index in [1.54, 1.807) is 43.6 Å². The predicted octanol–water partition coefficient (Wildman–Crippen LogP) is 3.13. The molecule has 1 aromatic carbocycles. The lowest BCUT2D eigenvalue weighted by Gasteiger charge is -2.22. The zero-order chi connectivity index (χ0) is 18.4. The molecular formula is C17H18F2N2O3S. The maximum atomic E-state index is 12.4. The summed E-state index contributed by atoms with van der Waals surface area (Å²) < 4.78 is 28.5. The first-order chi connectivity index (χ1) is 11.9. The van der Waals surface area contributed by atoms with Crippen LogP contribution in [-0.4, -0.2) is 36.4 Å². The average Bonchev–Trinajstić information content (AvgIpc) is 3.10. The number of nitrogens with zero attached hydrogens (tertiary/aromatic N) is 1. The molecule has 2 aromatic rings. The van der Waals surface area contributed by atoms with Crippen LogP contribution in [-0.2, 0) is 11.3 Å². The summed E-state index contributed by atoms with van der Waals surface area (Å²) in [5, 5.41) is 4.44. The summed E-state index contributed by atoms with van der Waals surface area (Å²) in [6.07, 6.45) is 0. The third kappa shape index (κ3) is 5.53. The molecular weight excluding hydrogens is 350 g/mol. The highest BCUT2D eigenvalue weighted by molar-refractivity contribution is 7.12. The summed E-state index contributed by atoms with van der Waals surface area (Å²) in [5.41, 5.74) is 0.759. The number of rotatable bonds is 7. The minimum absolute atomic E-state index is 0.0595. The highest BCUT2D eigenvalue weighted by Crippen LogP contribution is 2.16. The Bertz CT molecular complexity index is 705. The number of carbonyl (C=O) groups is 2. The third-order valence-corrected chi connectivity index (χ3v) is 4.28. The van der Waals surface area contributed by atoms with Gasteiger partial charge in [0, 0.05) is 13.6 Å². The normalized spacial score (nSPS) is 11.9. The Morgan fingerprint density at radius 3 is 2.48 bits per heavy atom. The van der Waals surface area contributed by atoms with Gasteiger partial charge < -0.3 is 15.0 Å². The zero-order valence-electron chi connectivity index (χ0n) is 13.7. The SMILES string of the molecule is CC(NC(=O)c1cccs1)C(=O)N(C)Cc1ccc(OC(F)F)cc1. The number of alkyl halides is 2. The topological polar surface area (TPSA) is 58.6 Å². The van der Waals surface area contributed by atoms with Crippen LogP contribution in [0.4, 0.5) is 8.78 Å². The number of benzene rings is 1. The van der Waals surface area contributed by atoms with Crippen molar-refractivity contribution in [2.45, 2.75) is 26.1 Å². The Labute approximate surface area is 148 Å². The van der Waals surface area contributed by atoms with Gasteiger partial charge in [0.1, 0.15) is 11.8 Å². The van der Waals surface area contributed by atoms with Crippen LogP contribution in [0.25, 0.3) is 0 Å². The highest BCUT2D eigenvalue weighted by Gasteiger charge is 2.20.